The molecule has 0 rings (SSSR count). The number of likely N-dealkylation sites (N-methyl/N-ethyl adjacent to an activating group) is 1. The summed E-state index contributed by atoms with van der Waals surface area (Å²) in [7, 11) is 5.84. The Bertz CT molecular complexity index is 408. The van der Waals surface area contributed by atoms with Gasteiger partial charge in [0.25, 0.3) is 0 Å². The van der Waals surface area contributed by atoms with Crippen molar-refractivity contribution in [2.45, 2.75) is 51.6 Å². The van der Waals surface area contributed by atoms with Crippen LogP contribution >= 0.6 is 0 Å². The van der Waals surface area contributed by atoms with Crippen LogP contribution in [0.4, 0.5) is 0 Å². The predicted molar refractivity (Wildman–Crippen MR) is 92.1 cm³/mol. The fourth-order valence-corrected chi connectivity index (χ4v) is 2.15. The second-order valence-electron chi connectivity index (χ2n) is 6.70. The van der Waals surface area contributed by atoms with Gasteiger partial charge in [-0.1, -0.05) is 24.3 Å². The molecular weight excluding hydrogens is 294 g/mol. The van der Waals surface area contributed by atoms with Gasteiger partial charge in [0.2, 0.25) is 0 Å². The number of aliphatic carboxylic acids is 1. The quantitative estimate of drug-likeness (QED) is 0.259. The highest BCUT2D eigenvalue weighted by molar-refractivity contribution is 5.71. The topological polar surface area (TPSA) is 63.6 Å². The molecule has 0 fully saturated rings. The van der Waals surface area contributed by atoms with Crippen molar-refractivity contribution in [1.29, 1.82) is 0 Å². The Kier molecular flexibility index (Phi) is 11.0. The van der Waals surface area contributed by atoms with Gasteiger partial charge >= 0.3 is 11.9 Å². The molecule has 0 aromatic rings. The number of carboxylic acid groups (broad SMARTS) is 1. The highest BCUT2D eigenvalue weighted by Crippen LogP contribution is 2.09. The first-order valence-electron chi connectivity index (χ1n) is 8.22. The molecule has 0 aromatic carbocycles. The second kappa shape index (κ2) is 11.9. The van der Waals surface area contributed by atoms with Gasteiger partial charge in [-0.15, -0.1) is 0 Å². The zero-order valence-corrected chi connectivity index (χ0v) is 15.0. The Morgan fingerprint density at radius 3 is 2.39 bits per heavy atom. The second-order valence-corrected chi connectivity index (χ2v) is 6.70. The molecule has 0 saturated carbocycles. The van der Waals surface area contributed by atoms with Crippen LogP contribution in [0.2, 0.25) is 0 Å². The van der Waals surface area contributed by atoms with E-state index in [9.17, 15) is 9.59 Å². The SMILES string of the molecule is C/C=C/C/C=C/CCCCC(=O)OC(CC(=O)O)C[N+](C)(C)C. The number of carboxylic acids is 1. The Morgan fingerprint density at radius 1 is 1.13 bits per heavy atom. The first kappa shape index (κ1) is 21.4. The van der Waals surface area contributed by atoms with Crippen LogP contribution in [0, 0.1) is 0 Å². The van der Waals surface area contributed by atoms with Gasteiger partial charge in [0.1, 0.15) is 6.54 Å². The normalized spacial score (nSPS) is 13.6. The van der Waals surface area contributed by atoms with E-state index in [1.54, 1.807) is 0 Å². The third-order valence-electron chi connectivity index (χ3n) is 3.13. The smallest absolute Gasteiger partial charge is 0.307 e. The molecule has 0 amide bonds. The number of quaternary nitrogens is 1. The molecule has 0 spiro atoms. The van der Waals surface area contributed by atoms with Crippen molar-refractivity contribution in [3.8, 4) is 0 Å². The zero-order valence-electron chi connectivity index (χ0n) is 15.0. The van der Waals surface area contributed by atoms with Gasteiger partial charge in [0.05, 0.1) is 27.6 Å². The van der Waals surface area contributed by atoms with Crippen LogP contribution in [0.3, 0.4) is 0 Å². The summed E-state index contributed by atoms with van der Waals surface area (Å²) in [6.07, 6.45) is 11.6. The predicted octanol–water partition coefficient (Wildman–Crippen LogP) is 3.16. The van der Waals surface area contributed by atoms with Crippen molar-refractivity contribution in [2.24, 2.45) is 0 Å². The van der Waals surface area contributed by atoms with Gasteiger partial charge < -0.3 is 14.3 Å². The van der Waals surface area contributed by atoms with E-state index in [4.69, 9.17) is 9.84 Å². The average Bonchev–Trinajstić information content (AvgIpc) is 2.39. The number of rotatable bonds is 12. The van der Waals surface area contributed by atoms with Crippen molar-refractivity contribution in [1.82, 2.24) is 0 Å². The van der Waals surface area contributed by atoms with E-state index in [-0.39, 0.29) is 12.4 Å². The largest absolute Gasteiger partial charge is 0.481 e. The summed E-state index contributed by atoms with van der Waals surface area (Å²) in [6, 6.07) is 0. The average molecular weight is 326 g/mol. The molecule has 0 radical (unpaired) electrons. The molecule has 23 heavy (non-hydrogen) atoms. The molecule has 0 saturated heterocycles. The standard InChI is InChI=1S/C18H31NO4/c1-5-6-7-8-9-10-11-12-13-18(22)23-16(14-17(20)21)15-19(2,3)4/h5-6,8-9,16H,7,10-15H2,1-4H3/p+1/b6-5+,9-8+. The zero-order chi connectivity index (χ0) is 17.7. The van der Waals surface area contributed by atoms with E-state index in [1.165, 1.54) is 0 Å². The molecule has 0 aliphatic rings. The first-order valence-corrected chi connectivity index (χ1v) is 8.22. The third kappa shape index (κ3) is 15.1. The van der Waals surface area contributed by atoms with E-state index in [0.717, 1.165) is 25.7 Å². The Balaban J connectivity index is 4.03. The summed E-state index contributed by atoms with van der Waals surface area (Å²) in [5.41, 5.74) is 0. The minimum absolute atomic E-state index is 0.144. The molecule has 0 aromatic heterocycles. The highest BCUT2D eigenvalue weighted by Gasteiger charge is 2.24. The van der Waals surface area contributed by atoms with Gasteiger partial charge in [0, 0.05) is 6.42 Å². The highest BCUT2D eigenvalue weighted by atomic mass is 16.5. The number of allylic oxidation sites excluding steroid dienone is 4. The van der Waals surface area contributed by atoms with Gasteiger partial charge in [-0.25, -0.2) is 0 Å². The first-order chi connectivity index (χ1) is 10.7. The summed E-state index contributed by atoms with van der Waals surface area (Å²) >= 11 is 0. The number of hydrogen-bond acceptors (Lipinski definition) is 3. The molecule has 0 heterocycles. The summed E-state index contributed by atoms with van der Waals surface area (Å²) in [4.78, 5) is 22.7. The van der Waals surface area contributed by atoms with E-state index in [1.807, 2.05) is 34.1 Å². The van der Waals surface area contributed by atoms with Crippen LogP contribution in [-0.4, -0.2) is 55.3 Å². The number of esters is 1. The van der Waals surface area contributed by atoms with E-state index in [2.05, 4.69) is 18.2 Å². The molecule has 0 aliphatic carbocycles. The Morgan fingerprint density at radius 2 is 1.83 bits per heavy atom. The minimum atomic E-state index is -0.942. The van der Waals surface area contributed by atoms with E-state index >= 15 is 0 Å². The van der Waals surface area contributed by atoms with Crippen LogP contribution in [0.1, 0.15) is 45.4 Å². The summed E-state index contributed by atoms with van der Waals surface area (Å²) in [5.74, 6) is -1.25. The Labute approximate surface area is 140 Å². The van der Waals surface area contributed by atoms with E-state index < -0.39 is 12.1 Å². The fourth-order valence-electron chi connectivity index (χ4n) is 2.15. The van der Waals surface area contributed by atoms with Gasteiger partial charge in [-0.3, -0.25) is 9.59 Å². The molecule has 5 heteroatoms. The molecule has 1 atom stereocenters. The van der Waals surface area contributed by atoms with Crippen molar-refractivity contribution in [2.75, 3.05) is 27.7 Å². The summed E-state index contributed by atoms with van der Waals surface area (Å²) in [6.45, 7) is 2.49. The van der Waals surface area contributed by atoms with Crippen LogP contribution in [0.5, 0.6) is 0 Å². The maximum Gasteiger partial charge on any atom is 0.307 e. The van der Waals surface area contributed by atoms with Crippen LogP contribution in [0.25, 0.3) is 0 Å². The van der Waals surface area contributed by atoms with Gasteiger partial charge in [-0.05, 0) is 32.6 Å². The number of carbonyl (C=O) groups is 2. The monoisotopic (exact) mass is 326 g/mol. The fraction of sp³-hybridized carbons (Fsp3) is 0.667. The molecule has 5 nitrogen and oxygen atoms in total. The van der Waals surface area contributed by atoms with Gasteiger partial charge in [-0.2, -0.15) is 0 Å². The van der Waals surface area contributed by atoms with Crippen molar-refractivity contribution in [3.63, 3.8) is 0 Å². The number of unbranched alkanes of at least 4 members (excludes halogenated alkanes) is 2. The maximum absolute atomic E-state index is 11.8. The maximum atomic E-state index is 11.8. The number of nitrogens with zero attached hydrogens (tertiary/aromatic N) is 1. The van der Waals surface area contributed by atoms with E-state index in [0.29, 0.717) is 17.4 Å². The lowest BCUT2D eigenvalue weighted by atomic mass is 10.1. The lowest BCUT2D eigenvalue weighted by Gasteiger charge is -2.28. The number of carbonyl (C=O) groups excluding carboxylic acids is 1. The lowest BCUT2D eigenvalue weighted by molar-refractivity contribution is -0.873. The number of ether oxygens (including phenoxy) is 1. The molecule has 1 unspecified atom stereocenters. The molecule has 0 bridgehead atoms. The van der Waals surface area contributed by atoms with Gasteiger partial charge in [0.15, 0.2) is 6.10 Å². The number of hydrogen-bond donors (Lipinski definition) is 1. The van der Waals surface area contributed by atoms with Crippen LogP contribution < -0.4 is 0 Å². The van der Waals surface area contributed by atoms with Crippen LogP contribution in [-0.2, 0) is 14.3 Å². The van der Waals surface area contributed by atoms with Crippen molar-refractivity contribution < 1.29 is 23.9 Å². The molecular formula is C18H32NO4+. The van der Waals surface area contributed by atoms with Crippen molar-refractivity contribution >= 4 is 11.9 Å². The Hall–Kier alpha value is -1.62. The third-order valence-corrected chi connectivity index (χ3v) is 3.13. The summed E-state index contributed by atoms with van der Waals surface area (Å²) in [5, 5.41) is 8.92. The summed E-state index contributed by atoms with van der Waals surface area (Å²) < 4.78 is 5.89. The lowest BCUT2D eigenvalue weighted by Crippen LogP contribution is -2.43. The van der Waals surface area contributed by atoms with Crippen LogP contribution in [0.15, 0.2) is 24.3 Å². The molecule has 0 aliphatic heterocycles. The van der Waals surface area contributed by atoms with Crippen molar-refractivity contribution in [3.05, 3.63) is 24.3 Å². The molecule has 1 N–H and O–H groups in total. The minimum Gasteiger partial charge on any atom is -0.481 e. The molecule has 132 valence electrons.